The number of carbonyl (C=O) groups excluding carboxylic acids is 1. The number of aryl methyl sites for hydroxylation is 2. The Morgan fingerprint density at radius 1 is 1.32 bits per heavy atom. The molecule has 0 bridgehead atoms. The lowest BCUT2D eigenvalue weighted by molar-refractivity contribution is 0.0911. The van der Waals surface area contributed by atoms with Crippen molar-refractivity contribution in [3.63, 3.8) is 0 Å². The first-order valence-electron chi connectivity index (χ1n) is 8.29. The number of hydrogen-bond donors (Lipinski definition) is 2. The summed E-state index contributed by atoms with van der Waals surface area (Å²) in [6.07, 6.45) is 1.77. The molecule has 1 amide bonds. The Balaban J connectivity index is 1.61. The second-order valence-corrected chi connectivity index (χ2v) is 7.47. The molecule has 0 saturated heterocycles. The summed E-state index contributed by atoms with van der Waals surface area (Å²) in [6.45, 7) is 4.18. The SMILES string of the molecule is CNc1cc(C2CC(NC(=O)c3sc(C)nc3C)C2)nc(COC)n1. The van der Waals surface area contributed by atoms with E-state index in [1.807, 2.05) is 27.0 Å². The molecule has 0 radical (unpaired) electrons. The Labute approximate surface area is 151 Å². The monoisotopic (exact) mass is 361 g/mol. The van der Waals surface area contributed by atoms with Gasteiger partial charge < -0.3 is 15.4 Å². The predicted octanol–water partition coefficient (Wildman–Crippen LogP) is 2.41. The largest absolute Gasteiger partial charge is 0.377 e. The van der Waals surface area contributed by atoms with E-state index >= 15 is 0 Å². The fraction of sp³-hybridized carbons (Fsp3) is 0.529. The highest BCUT2D eigenvalue weighted by Gasteiger charge is 2.33. The van der Waals surface area contributed by atoms with Crippen molar-refractivity contribution in [1.29, 1.82) is 0 Å². The Morgan fingerprint density at radius 3 is 2.68 bits per heavy atom. The summed E-state index contributed by atoms with van der Waals surface area (Å²) in [5.41, 5.74) is 1.80. The van der Waals surface area contributed by atoms with Gasteiger partial charge in [0.2, 0.25) is 0 Å². The average Bonchev–Trinajstić information content (AvgIpc) is 2.88. The number of nitrogens with zero attached hydrogens (tertiary/aromatic N) is 3. The lowest BCUT2D eigenvalue weighted by atomic mass is 9.78. The van der Waals surface area contributed by atoms with Crippen LogP contribution in [-0.2, 0) is 11.3 Å². The number of rotatable bonds is 6. The van der Waals surface area contributed by atoms with E-state index in [4.69, 9.17) is 4.74 Å². The molecule has 8 heteroatoms. The first kappa shape index (κ1) is 17.8. The van der Waals surface area contributed by atoms with Crippen LogP contribution in [0.15, 0.2) is 6.07 Å². The second-order valence-electron chi connectivity index (χ2n) is 6.26. The van der Waals surface area contributed by atoms with Crippen LogP contribution in [-0.4, -0.2) is 41.1 Å². The Morgan fingerprint density at radius 2 is 2.08 bits per heavy atom. The first-order chi connectivity index (χ1) is 12.0. The maximum Gasteiger partial charge on any atom is 0.263 e. The third-order valence-electron chi connectivity index (χ3n) is 4.32. The molecule has 2 aromatic rings. The van der Waals surface area contributed by atoms with Crippen LogP contribution in [0, 0.1) is 13.8 Å². The molecule has 2 N–H and O–H groups in total. The van der Waals surface area contributed by atoms with Crippen molar-refractivity contribution in [1.82, 2.24) is 20.3 Å². The van der Waals surface area contributed by atoms with Gasteiger partial charge in [-0.25, -0.2) is 15.0 Å². The highest BCUT2D eigenvalue weighted by atomic mass is 32.1. The molecule has 0 unspecified atom stereocenters. The zero-order valence-corrected chi connectivity index (χ0v) is 15.7. The van der Waals surface area contributed by atoms with Gasteiger partial charge in [-0.1, -0.05) is 0 Å². The third kappa shape index (κ3) is 3.96. The highest BCUT2D eigenvalue weighted by Crippen LogP contribution is 2.37. The molecule has 2 aromatic heterocycles. The molecular weight excluding hydrogens is 338 g/mol. The summed E-state index contributed by atoms with van der Waals surface area (Å²) < 4.78 is 5.14. The van der Waals surface area contributed by atoms with Gasteiger partial charge in [-0.3, -0.25) is 4.79 Å². The number of ether oxygens (including phenoxy) is 1. The Hall–Kier alpha value is -2.06. The zero-order valence-electron chi connectivity index (χ0n) is 14.9. The van der Waals surface area contributed by atoms with Gasteiger partial charge in [-0.15, -0.1) is 11.3 Å². The van der Waals surface area contributed by atoms with Crippen LogP contribution in [0.2, 0.25) is 0 Å². The molecule has 134 valence electrons. The highest BCUT2D eigenvalue weighted by molar-refractivity contribution is 7.13. The quantitative estimate of drug-likeness (QED) is 0.821. The molecule has 0 spiro atoms. The fourth-order valence-corrected chi connectivity index (χ4v) is 3.84. The van der Waals surface area contributed by atoms with Gasteiger partial charge in [0.25, 0.3) is 5.91 Å². The molecule has 7 nitrogen and oxygen atoms in total. The van der Waals surface area contributed by atoms with Gasteiger partial charge in [-0.2, -0.15) is 0 Å². The smallest absolute Gasteiger partial charge is 0.263 e. The summed E-state index contributed by atoms with van der Waals surface area (Å²) in [5, 5.41) is 7.08. The minimum atomic E-state index is -0.0229. The average molecular weight is 361 g/mol. The van der Waals surface area contributed by atoms with Crippen LogP contribution in [0.1, 0.15) is 50.7 Å². The summed E-state index contributed by atoms with van der Waals surface area (Å²) in [7, 11) is 3.47. The number of aromatic nitrogens is 3. The molecule has 1 aliphatic rings. The van der Waals surface area contributed by atoms with E-state index in [1.54, 1.807) is 7.11 Å². The maximum absolute atomic E-state index is 12.4. The standard InChI is InChI=1S/C17H23N5O2S/c1-9-16(25-10(2)19-9)17(23)20-12-5-11(6-12)13-7-14(18-3)22-15(21-13)8-24-4/h7,11-12H,5-6,8H2,1-4H3,(H,20,23)(H,18,21,22). The van der Waals surface area contributed by atoms with Crippen LogP contribution in [0.4, 0.5) is 5.82 Å². The maximum atomic E-state index is 12.4. The van der Waals surface area contributed by atoms with Crippen molar-refractivity contribution in [3.8, 4) is 0 Å². The normalized spacial score (nSPS) is 19.4. The molecule has 2 heterocycles. The number of thiazole rings is 1. The molecule has 0 aromatic carbocycles. The zero-order chi connectivity index (χ0) is 18.0. The van der Waals surface area contributed by atoms with E-state index in [2.05, 4.69) is 25.6 Å². The van der Waals surface area contributed by atoms with Crippen LogP contribution in [0.25, 0.3) is 0 Å². The Kier molecular flexibility index (Phi) is 5.29. The van der Waals surface area contributed by atoms with Gasteiger partial charge in [0.15, 0.2) is 5.82 Å². The van der Waals surface area contributed by atoms with Gasteiger partial charge >= 0.3 is 0 Å². The molecule has 1 aliphatic carbocycles. The van der Waals surface area contributed by atoms with E-state index in [1.165, 1.54) is 11.3 Å². The minimum Gasteiger partial charge on any atom is -0.377 e. The molecule has 0 aliphatic heterocycles. The van der Waals surface area contributed by atoms with Crippen molar-refractivity contribution in [2.45, 2.75) is 45.3 Å². The molecule has 3 rings (SSSR count). The van der Waals surface area contributed by atoms with E-state index in [9.17, 15) is 4.79 Å². The van der Waals surface area contributed by atoms with Crippen LogP contribution in [0.5, 0.6) is 0 Å². The van der Waals surface area contributed by atoms with Gasteiger partial charge in [0, 0.05) is 37.9 Å². The van der Waals surface area contributed by atoms with Crippen molar-refractivity contribution >= 4 is 23.1 Å². The molecular formula is C17H23N5O2S. The lowest BCUT2D eigenvalue weighted by Gasteiger charge is -2.35. The number of carbonyl (C=O) groups is 1. The minimum absolute atomic E-state index is 0.0229. The van der Waals surface area contributed by atoms with E-state index < -0.39 is 0 Å². The van der Waals surface area contributed by atoms with E-state index in [-0.39, 0.29) is 11.9 Å². The second kappa shape index (κ2) is 7.45. The van der Waals surface area contributed by atoms with Gasteiger partial charge in [0.1, 0.15) is 17.3 Å². The van der Waals surface area contributed by atoms with Crippen LogP contribution in [0.3, 0.4) is 0 Å². The Bertz CT molecular complexity index is 770. The van der Waals surface area contributed by atoms with Crippen molar-refractivity contribution in [3.05, 3.63) is 33.2 Å². The number of amides is 1. The summed E-state index contributed by atoms with van der Waals surface area (Å²) in [4.78, 5) is 26.4. The van der Waals surface area contributed by atoms with E-state index in [0.717, 1.165) is 35.1 Å². The molecule has 1 fully saturated rings. The topological polar surface area (TPSA) is 89.0 Å². The number of methoxy groups -OCH3 is 1. The summed E-state index contributed by atoms with van der Waals surface area (Å²) in [6, 6.07) is 2.15. The van der Waals surface area contributed by atoms with Crippen LogP contribution >= 0.6 is 11.3 Å². The number of nitrogens with one attached hydrogen (secondary N) is 2. The molecule has 0 atom stereocenters. The molecule has 25 heavy (non-hydrogen) atoms. The van der Waals surface area contributed by atoms with Crippen molar-refractivity contribution in [2.75, 3.05) is 19.5 Å². The third-order valence-corrected chi connectivity index (χ3v) is 5.39. The van der Waals surface area contributed by atoms with Crippen LogP contribution < -0.4 is 10.6 Å². The van der Waals surface area contributed by atoms with E-state index in [0.29, 0.717) is 23.2 Å². The van der Waals surface area contributed by atoms with Crippen molar-refractivity contribution < 1.29 is 9.53 Å². The number of anilines is 1. The molecule has 1 saturated carbocycles. The van der Waals surface area contributed by atoms with Gasteiger partial charge in [-0.05, 0) is 26.7 Å². The van der Waals surface area contributed by atoms with Crippen molar-refractivity contribution in [2.24, 2.45) is 0 Å². The fourth-order valence-electron chi connectivity index (χ4n) is 3.02. The summed E-state index contributed by atoms with van der Waals surface area (Å²) >= 11 is 1.44. The number of hydrogen-bond acceptors (Lipinski definition) is 7. The first-order valence-corrected chi connectivity index (χ1v) is 9.11. The lowest BCUT2D eigenvalue weighted by Crippen LogP contribution is -2.43. The predicted molar refractivity (Wildman–Crippen MR) is 97.1 cm³/mol. The summed E-state index contributed by atoms with van der Waals surface area (Å²) in [5.74, 6) is 1.78. The van der Waals surface area contributed by atoms with Gasteiger partial charge in [0.05, 0.1) is 10.7 Å².